The molecule has 0 bridgehead atoms. The van der Waals surface area contributed by atoms with Gasteiger partial charge in [-0.05, 0) is 12.1 Å². The van der Waals surface area contributed by atoms with Crippen LogP contribution in [0.4, 0.5) is 0 Å². The van der Waals surface area contributed by atoms with Crippen LogP contribution in [0.15, 0.2) is 46.7 Å². The molecule has 10 heteroatoms. The maximum Gasteiger partial charge on any atom is 0.249 e. The molecule has 2 aromatic rings. The van der Waals surface area contributed by atoms with Crippen LogP contribution in [0.2, 0.25) is 0 Å². The molecule has 0 saturated carbocycles. The van der Waals surface area contributed by atoms with Crippen molar-refractivity contribution in [3.8, 4) is 0 Å². The van der Waals surface area contributed by atoms with Gasteiger partial charge in [0.25, 0.3) is 0 Å². The minimum atomic E-state index is -3.68. The Kier molecular flexibility index (Phi) is 3.54. The van der Waals surface area contributed by atoms with Crippen LogP contribution in [0, 0.1) is 0 Å². The minimum Gasteiger partial charge on any atom is -0.308 e. The predicted octanol–water partition coefficient (Wildman–Crippen LogP) is -0.338. The van der Waals surface area contributed by atoms with Crippen LogP contribution in [-0.4, -0.2) is 54.2 Å². The molecule has 0 radical (unpaired) electrons. The molecule has 1 aliphatic heterocycles. The number of benzene rings is 1. The fourth-order valence-electron chi connectivity index (χ4n) is 2.21. The van der Waals surface area contributed by atoms with E-state index in [2.05, 4.69) is 10.2 Å². The second-order valence-electron chi connectivity index (χ2n) is 5.03. The van der Waals surface area contributed by atoms with Crippen molar-refractivity contribution in [1.29, 1.82) is 0 Å². The van der Waals surface area contributed by atoms with Gasteiger partial charge in [-0.25, -0.2) is 16.8 Å². The van der Waals surface area contributed by atoms with Crippen molar-refractivity contribution >= 4 is 19.9 Å². The van der Waals surface area contributed by atoms with Crippen LogP contribution in [0.3, 0.4) is 0 Å². The molecule has 0 aliphatic carbocycles. The van der Waals surface area contributed by atoms with Crippen molar-refractivity contribution in [3.05, 3.63) is 36.7 Å². The third-order valence-electron chi connectivity index (χ3n) is 3.56. The molecule has 2 heterocycles. The molecule has 1 fully saturated rings. The quantitative estimate of drug-likeness (QED) is 0.753. The van der Waals surface area contributed by atoms with E-state index in [1.54, 1.807) is 18.2 Å². The third-order valence-corrected chi connectivity index (χ3v) is 7.46. The topological polar surface area (TPSA) is 102 Å². The molecule has 22 heavy (non-hydrogen) atoms. The molecule has 8 nitrogen and oxygen atoms in total. The van der Waals surface area contributed by atoms with E-state index in [0.717, 1.165) is 4.31 Å². The molecule has 118 valence electrons. The number of hydrogen-bond acceptors (Lipinski definition) is 6. The summed E-state index contributed by atoms with van der Waals surface area (Å²) in [4.78, 5) is 0.157. The van der Waals surface area contributed by atoms with Gasteiger partial charge in [0.1, 0.15) is 6.33 Å². The fourth-order valence-corrected chi connectivity index (χ4v) is 5.61. The first-order valence-electron chi connectivity index (χ1n) is 6.46. The van der Waals surface area contributed by atoms with Crippen LogP contribution in [-0.2, 0) is 26.9 Å². The summed E-state index contributed by atoms with van der Waals surface area (Å²) in [6.07, 6.45) is 1.30. The summed E-state index contributed by atoms with van der Waals surface area (Å²) in [6.45, 7) is -0.154. The van der Waals surface area contributed by atoms with Crippen molar-refractivity contribution < 1.29 is 16.8 Å². The lowest BCUT2D eigenvalue weighted by atomic mass is 10.3. The first-order chi connectivity index (χ1) is 10.3. The highest BCUT2D eigenvalue weighted by atomic mass is 32.2. The number of aromatic nitrogens is 3. The summed E-state index contributed by atoms with van der Waals surface area (Å²) in [5.74, 6) is 0. The first-order valence-corrected chi connectivity index (χ1v) is 9.45. The van der Waals surface area contributed by atoms with E-state index in [4.69, 9.17) is 0 Å². The smallest absolute Gasteiger partial charge is 0.249 e. The maximum atomic E-state index is 12.4. The molecular weight excluding hydrogens is 328 g/mol. The van der Waals surface area contributed by atoms with E-state index in [9.17, 15) is 16.8 Å². The fraction of sp³-hybridized carbons (Fsp3) is 0.333. The lowest BCUT2D eigenvalue weighted by Gasteiger charge is -2.36. The Labute approximate surface area is 128 Å². The molecule has 1 saturated heterocycles. The predicted molar refractivity (Wildman–Crippen MR) is 77.2 cm³/mol. The SMILES string of the molecule is Cn1cnnc1S(=O)(=O)C1CN(S(=O)(=O)c2ccccc2)C1. The van der Waals surface area contributed by atoms with E-state index < -0.39 is 25.1 Å². The highest BCUT2D eigenvalue weighted by molar-refractivity contribution is 7.92. The van der Waals surface area contributed by atoms with Gasteiger partial charge < -0.3 is 4.57 Å². The van der Waals surface area contributed by atoms with Gasteiger partial charge in [0.15, 0.2) is 0 Å². The van der Waals surface area contributed by atoms with Gasteiger partial charge in [-0.1, -0.05) is 18.2 Å². The van der Waals surface area contributed by atoms with Gasteiger partial charge in [-0.2, -0.15) is 4.31 Å². The lowest BCUT2D eigenvalue weighted by Crippen LogP contribution is -2.56. The Morgan fingerprint density at radius 1 is 1.09 bits per heavy atom. The zero-order valence-electron chi connectivity index (χ0n) is 11.7. The van der Waals surface area contributed by atoms with E-state index in [1.807, 2.05) is 0 Å². The third kappa shape index (κ3) is 2.32. The average Bonchev–Trinajstić information content (AvgIpc) is 2.84. The molecule has 0 amide bonds. The summed E-state index contributed by atoms with van der Waals surface area (Å²) in [5, 5.41) is 6.20. The number of aryl methyl sites for hydroxylation is 1. The molecule has 0 unspecified atom stereocenters. The molecular formula is C12H14N4O4S2. The summed E-state index contributed by atoms with van der Waals surface area (Å²) in [5.41, 5.74) is 0. The number of sulfonamides is 1. The molecule has 1 aliphatic rings. The van der Waals surface area contributed by atoms with Gasteiger partial charge in [0, 0.05) is 20.1 Å². The highest BCUT2D eigenvalue weighted by Crippen LogP contribution is 2.27. The number of sulfone groups is 1. The second kappa shape index (κ2) is 5.14. The Morgan fingerprint density at radius 3 is 2.27 bits per heavy atom. The molecule has 0 atom stereocenters. The molecule has 3 rings (SSSR count). The molecule has 0 N–H and O–H groups in total. The van der Waals surface area contributed by atoms with E-state index >= 15 is 0 Å². The Balaban J connectivity index is 1.79. The van der Waals surface area contributed by atoms with E-state index in [0.29, 0.717) is 0 Å². The van der Waals surface area contributed by atoms with E-state index in [-0.39, 0.29) is 23.1 Å². The lowest BCUT2D eigenvalue weighted by molar-refractivity contribution is 0.308. The van der Waals surface area contributed by atoms with Gasteiger partial charge in [-0.3, -0.25) is 0 Å². The van der Waals surface area contributed by atoms with Crippen molar-refractivity contribution in [1.82, 2.24) is 19.1 Å². The van der Waals surface area contributed by atoms with Crippen molar-refractivity contribution in [2.75, 3.05) is 13.1 Å². The van der Waals surface area contributed by atoms with Crippen molar-refractivity contribution in [2.24, 2.45) is 7.05 Å². The van der Waals surface area contributed by atoms with Crippen LogP contribution < -0.4 is 0 Å². The van der Waals surface area contributed by atoms with Gasteiger partial charge >= 0.3 is 0 Å². The van der Waals surface area contributed by atoms with Crippen LogP contribution >= 0.6 is 0 Å². The normalized spacial score (nSPS) is 17.3. The number of rotatable bonds is 4. The maximum absolute atomic E-state index is 12.4. The largest absolute Gasteiger partial charge is 0.308 e. The number of hydrogen-bond donors (Lipinski definition) is 0. The Bertz CT molecular complexity index is 884. The molecule has 1 aromatic carbocycles. The second-order valence-corrected chi connectivity index (χ2v) is 9.09. The summed E-state index contributed by atoms with van der Waals surface area (Å²) in [6, 6.07) is 7.94. The van der Waals surface area contributed by atoms with Gasteiger partial charge in [0.05, 0.1) is 10.1 Å². The highest BCUT2D eigenvalue weighted by Gasteiger charge is 2.45. The summed E-state index contributed by atoms with van der Waals surface area (Å²) >= 11 is 0. The number of nitrogens with zero attached hydrogens (tertiary/aromatic N) is 4. The van der Waals surface area contributed by atoms with Gasteiger partial charge in [0.2, 0.25) is 25.0 Å². The average molecular weight is 342 g/mol. The van der Waals surface area contributed by atoms with Crippen molar-refractivity contribution in [3.63, 3.8) is 0 Å². The molecule has 0 spiro atoms. The van der Waals surface area contributed by atoms with Crippen LogP contribution in [0.5, 0.6) is 0 Å². The Morgan fingerprint density at radius 2 is 1.73 bits per heavy atom. The zero-order valence-corrected chi connectivity index (χ0v) is 13.3. The zero-order chi connectivity index (χ0) is 16.0. The minimum absolute atomic E-state index is 0.0770. The summed E-state index contributed by atoms with van der Waals surface area (Å²) < 4.78 is 51.9. The standard InChI is InChI=1S/C12H14N4O4S2/c1-15-9-13-14-12(15)21(17,18)11-7-16(8-11)22(19,20)10-5-3-2-4-6-10/h2-6,9,11H,7-8H2,1H3. The van der Waals surface area contributed by atoms with E-state index in [1.165, 1.54) is 30.1 Å². The van der Waals surface area contributed by atoms with Crippen LogP contribution in [0.1, 0.15) is 0 Å². The van der Waals surface area contributed by atoms with Gasteiger partial charge in [-0.15, -0.1) is 10.2 Å². The Hall–Kier alpha value is -1.78. The van der Waals surface area contributed by atoms with Crippen molar-refractivity contribution in [2.45, 2.75) is 15.3 Å². The molecule has 1 aromatic heterocycles. The first kappa shape index (κ1) is 15.1. The summed E-state index contributed by atoms with van der Waals surface area (Å²) in [7, 11) is -5.80. The van der Waals surface area contributed by atoms with Crippen LogP contribution in [0.25, 0.3) is 0 Å². The monoisotopic (exact) mass is 342 g/mol.